The minimum Gasteiger partial charge on any atom is -0.298 e. The molecule has 29 heavy (non-hydrogen) atoms. The minimum absolute atomic E-state index is 0.733. The van der Waals surface area contributed by atoms with E-state index in [0.717, 1.165) is 46.0 Å². The second kappa shape index (κ2) is 8.53. The van der Waals surface area contributed by atoms with Crippen LogP contribution >= 0.6 is 0 Å². The third-order valence-corrected chi connectivity index (χ3v) is 4.78. The quantitative estimate of drug-likeness (QED) is 0.369. The lowest BCUT2D eigenvalue weighted by Crippen LogP contribution is -1.97. The van der Waals surface area contributed by atoms with Gasteiger partial charge in [-0.2, -0.15) is 0 Å². The van der Waals surface area contributed by atoms with Gasteiger partial charge in [-0.1, -0.05) is 73.3 Å². The zero-order chi connectivity index (χ0) is 20.1. The first kappa shape index (κ1) is 18.6. The lowest BCUT2D eigenvalue weighted by Gasteiger charge is -2.05. The van der Waals surface area contributed by atoms with Gasteiger partial charge in [0.15, 0.2) is 5.82 Å². The molecule has 0 amide bonds. The average Bonchev–Trinajstić information content (AvgIpc) is 3.17. The summed E-state index contributed by atoms with van der Waals surface area (Å²) in [6, 6.07) is 22.5. The summed E-state index contributed by atoms with van der Waals surface area (Å²) in [6.45, 7) is 5.93. The number of pyridine rings is 2. The number of allylic oxidation sites excluding steroid dienone is 5. The van der Waals surface area contributed by atoms with Gasteiger partial charge in [0.2, 0.25) is 0 Å². The van der Waals surface area contributed by atoms with Gasteiger partial charge in [-0.05, 0) is 36.8 Å². The number of nitrogens with zero attached hydrogens (tertiary/aromatic N) is 3. The van der Waals surface area contributed by atoms with Crippen LogP contribution in [-0.4, -0.2) is 14.4 Å². The predicted molar refractivity (Wildman–Crippen MR) is 121 cm³/mol. The molecule has 0 saturated heterocycles. The molecule has 0 aliphatic carbocycles. The van der Waals surface area contributed by atoms with Crippen LogP contribution in [0.1, 0.15) is 12.6 Å². The maximum atomic E-state index is 4.97. The fourth-order valence-electron chi connectivity index (χ4n) is 3.36. The van der Waals surface area contributed by atoms with E-state index in [0.29, 0.717) is 0 Å². The van der Waals surface area contributed by atoms with Crippen molar-refractivity contribution in [1.29, 1.82) is 0 Å². The Morgan fingerprint density at radius 1 is 0.966 bits per heavy atom. The van der Waals surface area contributed by atoms with E-state index < -0.39 is 0 Å². The van der Waals surface area contributed by atoms with Crippen LogP contribution in [0.15, 0.2) is 109 Å². The fraction of sp³-hybridized carbons (Fsp3) is 0.0769. The van der Waals surface area contributed by atoms with Crippen LogP contribution < -0.4 is 0 Å². The molecule has 3 heterocycles. The fourth-order valence-corrected chi connectivity index (χ4v) is 3.36. The molecule has 0 saturated carbocycles. The minimum atomic E-state index is 0.733. The molecule has 0 N–H and O–H groups in total. The first-order chi connectivity index (χ1) is 14.3. The molecule has 0 aliphatic heterocycles. The molecule has 3 heteroatoms. The number of rotatable bonds is 6. The number of hydrogen-bond donors (Lipinski definition) is 0. The van der Waals surface area contributed by atoms with Crippen molar-refractivity contribution in [2.45, 2.75) is 13.3 Å². The summed E-state index contributed by atoms with van der Waals surface area (Å²) in [5, 5.41) is 0. The van der Waals surface area contributed by atoms with Gasteiger partial charge in [-0.3, -0.25) is 4.40 Å². The van der Waals surface area contributed by atoms with Crippen molar-refractivity contribution in [3.8, 4) is 22.8 Å². The summed E-state index contributed by atoms with van der Waals surface area (Å²) in [6.07, 6.45) is 10.8. The zero-order valence-electron chi connectivity index (χ0n) is 16.5. The van der Waals surface area contributed by atoms with Crippen LogP contribution in [0.4, 0.5) is 0 Å². The molecule has 3 aromatic heterocycles. The van der Waals surface area contributed by atoms with Crippen molar-refractivity contribution >= 4 is 5.52 Å². The van der Waals surface area contributed by atoms with Crippen molar-refractivity contribution < 1.29 is 0 Å². The highest BCUT2D eigenvalue weighted by Crippen LogP contribution is 2.29. The first-order valence-electron chi connectivity index (χ1n) is 9.73. The first-order valence-corrected chi connectivity index (χ1v) is 9.73. The van der Waals surface area contributed by atoms with E-state index in [1.807, 2.05) is 79.9 Å². The molecule has 0 radical (unpaired) electrons. The molecule has 4 aromatic rings. The summed E-state index contributed by atoms with van der Waals surface area (Å²) in [5.74, 6) is 0.846. The van der Waals surface area contributed by atoms with Crippen molar-refractivity contribution in [3.63, 3.8) is 0 Å². The van der Waals surface area contributed by atoms with Crippen molar-refractivity contribution in [3.05, 3.63) is 115 Å². The van der Waals surface area contributed by atoms with Crippen LogP contribution in [0, 0.1) is 0 Å². The molecule has 0 fully saturated rings. The highest BCUT2D eigenvalue weighted by molar-refractivity contribution is 5.80. The Bertz CT molecular complexity index is 1200. The summed E-state index contributed by atoms with van der Waals surface area (Å²) in [4.78, 5) is 9.87. The van der Waals surface area contributed by atoms with Crippen LogP contribution in [-0.2, 0) is 6.42 Å². The second-order valence-electron chi connectivity index (χ2n) is 6.77. The highest BCUT2D eigenvalue weighted by atomic mass is 15.0. The van der Waals surface area contributed by atoms with E-state index in [1.54, 1.807) is 0 Å². The Morgan fingerprint density at radius 2 is 1.79 bits per heavy atom. The molecule has 3 nitrogen and oxygen atoms in total. The summed E-state index contributed by atoms with van der Waals surface area (Å²) in [7, 11) is 0. The molecule has 142 valence electrons. The summed E-state index contributed by atoms with van der Waals surface area (Å²) >= 11 is 0. The molecule has 1 aromatic carbocycles. The van der Waals surface area contributed by atoms with Crippen molar-refractivity contribution in [2.75, 3.05) is 0 Å². The number of benzene rings is 1. The number of hydrogen-bond acceptors (Lipinski definition) is 2. The Hall–Kier alpha value is -3.72. The van der Waals surface area contributed by atoms with Gasteiger partial charge in [-0.15, -0.1) is 0 Å². The normalized spacial score (nSPS) is 12.0. The van der Waals surface area contributed by atoms with Gasteiger partial charge >= 0.3 is 0 Å². The average molecular weight is 377 g/mol. The van der Waals surface area contributed by atoms with Gasteiger partial charge < -0.3 is 0 Å². The maximum Gasteiger partial charge on any atom is 0.163 e. The number of aromatic nitrogens is 3. The summed E-state index contributed by atoms with van der Waals surface area (Å²) < 4.78 is 2.11. The number of fused-ring (bicyclic) bond motifs is 1. The van der Waals surface area contributed by atoms with E-state index in [9.17, 15) is 0 Å². The molecule has 0 unspecified atom stereocenters. The van der Waals surface area contributed by atoms with E-state index in [2.05, 4.69) is 35.3 Å². The van der Waals surface area contributed by atoms with Gasteiger partial charge in [-0.25, -0.2) is 9.97 Å². The molecule has 0 bridgehead atoms. The van der Waals surface area contributed by atoms with Gasteiger partial charge in [0.1, 0.15) is 5.69 Å². The molecule has 0 aliphatic rings. The third kappa shape index (κ3) is 3.94. The largest absolute Gasteiger partial charge is 0.298 e. The van der Waals surface area contributed by atoms with Crippen LogP contribution in [0.3, 0.4) is 0 Å². The van der Waals surface area contributed by atoms with Crippen LogP contribution in [0.5, 0.6) is 0 Å². The third-order valence-electron chi connectivity index (χ3n) is 4.78. The zero-order valence-corrected chi connectivity index (χ0v) is 16.5. The molecular weight excluding hydrogens is 354 g/mol. The Kier molecular flexibility index (Phi) is 5.48. The van der Waals surface area contributed by atoms with E-state index in [1.165, 1.54) is 0 Å². The monoisotopic (exact) mass is 377 g/mol. The lowest BCUT2D eigenvalue weighted by molar-refractivity contribution is 1.05. The van der Waals surface area contributed by atoms with E-state index >= 15 is 0 Å². The van der Waals surface area contributed by atoms with Gasteiger partial charge in [0, 0.05) is 23.9 Å². The maximum absolute atomic E-state index is 4.97. The van der Waals surface area contributed by atoms with Crippen LogP contribution in [0.25, 0.3) is 28.3 Å². The second-order valence-corrected chi connectivity index (χ2v) is 6.77. The lowest BCUT2D eigenvalue weighted by atomic mass is 10.1. The van der Waals surface area contributed by atoms with Crippen molar-refractivity contribution in [2.24, 2.45) is 0 Å². The number of imidazole rings is 1. The highest BCUT2D eigenvalue weighted by Gasteiger charge is 2.15. The predicted octanol–water partition coefficient (Wildman–Crippen LogP) is 6.29. The molecule has 0 spiro atoms. The Balaban J connectivity index is 1.79. The van der Waals surface area contributed by atoms with Gasteiger partial charge in [0.25, 0.3) is 0 Å². The molecule has 4 rings (SSSR count). The standard InChI is InChI=1S/C26H23N3/c1-3-5-12-20(4-2)19-22-15-11-16-23(27-22)26-28-25(21-13-7-6-8-14-21)24-17-9-10-18-29(24)26/h3-18H,2,19H2,1H3/b5-3-,20-12+. The van der Waals surface area contributed by atoms with E-state index in [4.69, 9.17) is 9.97 Å². The molecular formula is C26H23N3. The van der Waals surface area contributed by atoms with Gasteiger partial charge in [0.05, 0.1) is 11.2 Å². The van der Waals surface area contributed by atoms with E-state index in [-0.39, 0.29) is 0 Å². The Morgan fingerprint density at radius 3 is 2.59 bits per heavy atom. The topological polar surface area (TPSA) is 30.2 Å². The summed E-state index contributed by atoms with van der Waals surface area (Å²) in [5.41, 5.74) is 6.12. The SMILES string of the molecule is C=C/C(=C\C=C/C)Cc1cccc(-c2nc(-c3ccccc3)c3ccccn23)n1. The van der Waals surface area contributed by atoms with Crippen LogP contribution in [0.2, 0.25) is 0 Å². The van der Waals surface area contributed by atoms with Crippen molar-refractivity contribution in [1.82, 2.24) is 14.4 Å². The smallest absolute Gasteiger partial charge is 0.163 e. The molecule has 0 atom stereocenters. The Labute approximate surface area is 171 Å².